The van der Waals surface area contributed by atoms with Crippen molar-refractivity contribution in [1.82, 2.24) is 5.32 Å². The molecule has 0 atom stereocenters. The van der Waals surface area contributed by atoms with E-state index in [-0.39, 0.29) is 5.91 Å². The number of amides is 1. The summed E-state index contributed by atoms with van der Waals surface area (Å²) in [4.78, 5) is 12.1. The summed E-state index contributed by atoms with van der Waals surface area (Å²) in [5.74, 6) is -0.0207. The van der Waals surface area contributed by atoms with E-state index in [1.807, 2.05) is 23.9 Å². The molecule has 1 saturated carbocycles. The van der Waals surface area contributed by atoms with Crippen LogP contribution in [0, 0.1) is 12.8 Å². The van der Waals surface area contributed by atoms with Crippen LogP contribution < -0.4 is 10.6 Å². The van der Waals surface area contributed by atoms with Gasteiger partial charge in [-0.2, -0.15) is 0 Å². The highest BCUT2D eigenvalue weighted by Crippen LogP contribution is 2.39. The minimum atomic E-state index is -0.0207. The molecule has 0 aromatic heterocycles. The third-order valence-corrected chi connectivity index (χ3v) is 4.31. The number of rotatable bonds is 3. The lowest BCUT2D eigenvalue weighted by molar-refractivity contribution is -0.114. The van der Waals surface area contributed by atoms with Gasteiger partial charge in [-0.1, -0.05) is 0 Å². The summed E-state index contributed by atoms with van der Waals surface area (Å²) in [5.41, 5.74) is 0.873. The number of nitrogens with one attached hydrogen (secondary N) is 2. The molecule has 1 aliphatic heterocycles. The standard InChI is InChI=1S/C11H13NOS.C4H9N.C2H2/c1-8(13)12-9-2-4-10(5-3-9)14-11-6-7-11;1-2-4-5-3-1;1-2/h2-5,11H,6-7H2,1H3,(H,12,13);5H,1-4H2;1-2H. The maximum atomic E-state index is 10.8. The summed E-state index contributed by atoms with van der Waals surface area (Å²) in [6.45, 7) is 4.02. The SMILES string of the molecule is C#C.C1CCNC1.CC(=O)Nc1ccc(SC2CC2)cc1. The fraction of sp³-hybridized carbons (Fsp3) is 0.471. The van der Waals surface area contributed by atoms with Gasteiger partial charge in [0.2, 0.25) is 5.91 Å². The smallest absolute Gasteiger partial charge is 0.221 e. The zero-order valence-electron chi connectivity index (χ0n) is 12.6. The zero-order valence-corrected chi connectivity index (χ0v) is 13.4. The van der Waals surface area contributed by atoms with Gasteiger partial charge in [0, 0.05) is 22.8 Å². The number of benzene rings is 1. The summed E-state index contributed by atoms with van der Waals surface area (Å²) in [7, 11) is 0. The number of carbonyl (C=O) groups is 1. The van der Waals surface area contributed by atoms with E-state index in [9.17, 15) is 4.79 Å². The first-order valence-corrected chi connectivity index (χ1v) is 8.20. The highest BCUT2D eigenvalue weighted by Gasteiger charge is 2.22. The van der Waals surface area contributed by atoms with Crippen molar-refractivity contribution in [3.8, 4) is 12.8 Å². The second-order valence-electron chi connectivity index (χ2n) is 4.98. The quantitative estimate of drug-likeness (QED) is 0.840. The topological polar surface area (TPSA) is 41.1 Å². The highest BCUT2D eigenvalue weighted by atomic mass is 32.2. The third-order valence-electron chi connectivity index (χ3n) is 2.96. The molecule has 1 aliphatic carbocycles. The monoisotopic (exact) mass is 304 g/mol. The molecule has 1 aromatic carbocycles. The first-order valence-electron chi connectivity index (χ1n) is 7.32. The molecule has 2 aliphatic rings. The van der Waals surface area contributed by atoms with Crippen molar-refractivity contribution in [2.45, 2.75) is 42.8 Å². The van der Waals surface area contributed by atoms with Crippen LogP contribution in [0.5, 0.6) is 0 Å². The Kier molecular flexibility index (Phi) is 8.65. The van der Waals surface area contributed by atoms with Crippen LogP contribution in [0.15, 0.2) is 29.2 Å². The van der Waals surface area contributed by atoms with Gasteiger partial charge in [0.15, 0.2) is 0 Å². The fourth-order valence-corrected chi connectivity index (χ4v) is 2.87. The average Bonchev–Trinajstić information content (AvgIpc) is 3.09. The molecular formula is C17H24N2OS. The molecule has 0 spiro atoms. The van der Waals surface area contributed by atoms with Crippen molar-refractivity contribution in [3.63, 3.8) is 0 Å². The molecule has 3 nitrogen and oxygen atoms in total. The Labute approximate surface area is 132 Å². The minimum Gasteiger partial charge on any atom is -0.326 e. The number of hydrogen-bond donors (Lipinski definition) is 2. The van der Waals surface area contributed by atoms with E-state index in [0.29, 0.717) is 0 Å². The Bertz CT molecular complexity index is 426. The Balaban J connectivity index is 0.000000263. The predicted molar refractivity (Wildman–Crippen MR) is 91.6 cm³/mol. The number of anilines is 1. The Morgan fingerprint density at radius 2 is 1.76 bits per heavy atom. The van der Waals surface area contributed by atoms with E-state index in [4.69, 9.17) is 0 Å². The number of hydrogen-bond acceptors (Lipinski definition) is 3. The normalized spacial score (nSPS) is 16.0. The fourth-order valence-electron chi connectivity index (χ4n) is 1.82. The van der Waals surface area contributed by atoms with Crippen LogP contribution >= 0.6 is 11.8 Å². The van der Waals surface area contributed by atoms with E-state index in [2.05, 4.69) is 35.6 Å². The van der Waals surface area contributed by atoms with Gasteiger partial charge in [-0.3, -0.25) is 4.79 Å². The highest BCUT2D eigenvalue weighted by molar-refractivity contribution is 8.00. The van der Waals surface area contributed by atoms with Crippen LogP contribution in [-0.2, 0) is 4.79 Å². The third kappa shape index (κ3) is 8.44. The molecular weight excluding hydrogens is 280 g/mol. The lowest BCUT2D eigenvalue weighted by Crippen LogP contribution is -2.05. The van der Waals surface area contributed by atoms with Gasteiger partial charge < -0.3 is 10.6 Å². The number of thioether (sulfide) groups is 1. The molecule has 1 amide bonds. The summed E-state index contributed by atoms with van der Waals surface area (Å²) in [5, 5.41) is 6.81. The van der Waals surface area contributed by atoms with Crippen molar-refractivity contribution in [2.24, 2.45) is 0 Å². The maximum absolute atomic E-state index is 10.8. The van der Waals surface area contributed by atoms with Crippen molar-refractivity contribution < 1.29 is 4.79 Å². The van der Waals surface area contributed by atoms with E-state index < -0.39 is 0 Å². The second-order valence-corrected chi connectivity index (χ2v) is 6.35. The molecule has 114 valence electrons. The summed E-state index contributed by atoms with van der Waals surface area (Å²) < 4.78 is 0. The van der Waals surface area contributed by atoms with Gasteiger partial charge in [-0.15, -0.1) is 24.6 Å². The molecule has 2 fully saturated rings. The first-order chi connectivity index (χ1) is 10.2. The summed E-state index contributed by atoms with van der Waals surface area (Å²) >= 11 is 1.92. The van der Waals surface area contributed by atoms with Crippen LogP contribution in [0.4, 0.5) is 5.69 Å². The second kappa shape index (κ2) is 10.3. The van der Waals surface area contributed by atoms with E-state index >= 15 is 0 Å². The molecule has 21 heavy (non-hydrogen) atoms. The van der Waals surface area contributed by atoms with Crippen molar-refractivity contribution >= 4 is 23.4 Å². The van der Waals surface area contributed by atoms with E-state index in [0.717, 1.165) is 10.9 Å². The molecule has 1 aromatic rings. The zero-order chi connectivity index (χ0) is 15.5. The van der Waals surface area contributed by atoms with Gasteiger partial charge in [0.05, 0.1) is 0 Å². The predicted octanol–water partition coefficient (Wildman–Crippen LogP) is 3.52. The largest absolute Gasteiger partial charge is 0.326 e. The van der Waals surface area contributed by atoms with Crippen LogP contribution in [-0.4, -0.2) is 24.2 Å². The lowest BCUT2D eigenvalue weighted by atomic mass is 10.3. The number of terminal acetylenes is 1. The van der Waals surface area contributed by atoms with Gasteiger partial charge >= 0.3 is 0 Å². The van der Waals surface area contributed by atoms with E-state index in [1.54, 1.807) is 0 Å². The van der Waals surface area contributed by atoms with Crippen LogP contribution in [0.2, 0.25) is 0 Å². The lowest BCUT2D eigenvalue weighted by Gasteiger charge is -2.03. The molecule has 1 saturated heterocycles. The molecule has 0 bridgehead atoms. The Morgan fingerprint density at radius 3 is 2.14 bits per heavy atom. The maximum Gasteiger partial charge on any atom is 0.221 e. The first kappa shape index (κ1) is 17.6. The van der Waals surface area contributed by atoms with Gasteiger partial charge in [0.25, 0.3) is 0 Å². The molecule has 1 heterocycles. The number of carbonyl (C=O) groups excluding carboxylic acids is 1. The summed E-state index contributed by atoms with van der Waals surface area (Å²) in [6, 6.07) is 8.03. The molecule has 0 unspecified atom stereocenters. The molecule has 4 heteroatoms. The van der Waals surface area contributed by atoms with Gasteiger partial charge in [-0.25, -0.2) is 0 Å². The van der Waals surface area contributed by atoms with Crippen LogP contribution in [0.25, 0.3) is 0 Å². The average molecular weight is 304 g/mol. The molecule has 2 N–H and O–H groups in total. The molecule has 0 radical (unpaired) electrons. The van der Waals surface area contributed by atoms with Crippen LogP contribution in [0.3, 0.4) is 0 Å². The van der Waals surface area contributed by atoms with E-state index in [1.165, 1.54) is 50.6 Å². The van der Waals surface area contributed by atoms with Gasteiger partial charge in [-0.05, 0) is 63.0 Å². The minimum absolute atomic E-state index is 0.0207. The molecule has 3 rings (SSSR count). The van der Waals surface area contributed by atoms with Crippen molar-refractivity contribution in [1.29, 1.82) is 0 Å². The summed E-state index contributed by atoms with van der Waals surface area (Å²) in [6.07, 6.45) is 13.5. The Hall–Kier alpha value is -1.44. The van der Waals surface area contributed by atoms with Crippen molar-refractivity contribution in [2.75, 3.05) is 18.4 Å². The Morgan fingerprint density at radius 1 is 1.19 bits per heavy atom. The van der Waals surface area contributed by atoms with Crippen LogP contribution in [0.1, 0.15) is 32.6 Å². The van der Waals surface area contributed by atoms with Gasteiger partial charge in [0.1, 0.15) is 0 Å². The van der Waals surface area contributed by atoms with Crippen molar-refractivity contribution in [3.05, 3.63) is 24.3 Å².